The molecule has 0 spiro atoms. The van der Waals surface area contributed by atoms with E-state index in [1.807, 2.05) is 72.8 Å². The molecule has 0 N–H and O–H groups in total. The number of anilines is 1. The van der Waals surface area contributed by atoms with Gasteiger partial charge in [-0.2, -0.15) is 0 Å². The molecule has 1 aromatic heterocycles. The second-order valence-corrected chi connectivity index (χ2v) is 7.87. The Hall–Kier alpha value is -3.38. The van der Waals surface area contributed by atoms with E-state index in [4.69, 9.17) is 4.74 Å². The molecule has 0 bridgehead atoms. The molecule has 1 aliphatic rings. The topological polar surface area (TPSA) is 49.9 Å². The van der Waals surface area contributed by atoms with Crippen LogP contribution in [0.5, 0.6) is 5.75 Å². The molecule has 1 aliphatic heterocycles. The minimum absolute atomic E-state index is 0.314. The fraction of sp³-hybridized carbons (Fsp3) is 0.167. The van der Waals surface area contributed by atoms with Crippen LogP contribution in [0.4, 0.5) is 5.69 Å². The van der Waals surface area contributed by atoms with Gasteiger partial charge in [-0.3, -0.25) is 9.59 Å². The number of hydrogen-bond acceptors (Lipinski definition) is 5. The van der Waals surface area contributed by atoms with Gasteiger partial charge in [-0.05, 0) is 36.1 Å². The second kappa shape index (κ2) is 8.55. The molecule has 2 heterocycles. The Morgan fingerprint density at radius 1 is 0.967 bits per heavy atom. The van der Waals surface area contributed by atoms with Gasteiger partial charge in [0.1, 0.15) is 11.4 Å². The summed E-state index contributed by atoms with van der Waals surface area (Å²) in [5.41, 5.74) is 2.42. The van der Waals surface area contributed by atoms with Crippen LogP contribution in [0.1, 0.15) is 17.4 Å². The first kappa shape index (κ1) is 19.9. The number of rotatable bonds is 7. The quantitative estimate of drug-likeness (QED) is 0.528. The van der Waals surface area contributed by atoms with Crippen LogP contribution in [0, 0.1) is 0 Å². The fourth-order valence-corrected chi connectivity index (χ4v) is 4.33. The van der Waals surface area contributed by atoms with Crippen LogP contribution in [0.15, 0.2) is 77.8 Å². The predicted molar refractivity (Wildman–Crippen MR) is 119 cm³/mol. The van der Waals surface area contributed by atoms with Crippen molar-refractivity contribution in [3.63, 3.8) is 0 Å². The maximum Gasteiger partial charge on any atom is 0.282 e. The van der Waals surface area contributed by atoms with E-state index in [0.717, 1.165) is 10.4 Å². The smallest absolute Gasteiger partial charge is 0.282 e. The average molecular weight is 419 g/mol. The monoisotopic (exact) mass is 418 g/mol. The second-order valence-electron chi connectivity index (χ2n) is 6.92. The van der Waals surface area contributed by atoms with E-state index in [1.165, 1.54) is 16.2 Å². The van der Waals surface area contributed by atoms with Crippen molar-refractivity contribution in [1.82, 2.24) is 4.90 Å². The molecular weight excluding hydrogens is 396 g/mol. The Bertz CT molecular complexity index is 1090. The summed E-state index contributed by atoms with van der Waals surface area (Å²) in [6, 6.07) is 20.7. The van der Waals surface area contributed by atoms with Gasteiger partial charge in [-0.1, -0.05) is 42.5 Å². The highest BCUT2D eigenvalue weighted by Gasteiger charge is 2.42. The van der Waals surface area contributed by atoms with Crippen molar-refractivity contribution in [3.05, 3.63) is 88.2 Å². The molecule has 5 nitrogen and oxygen atoms in total. The molecule has 0 aliphatic carbocycles. The molecular formula is C24H22N2O3S. The van der Waals surface area contributed by atoms with Crippen molar-refractivity contribution < 1.29 is 14.3 Å². The molecule has 0 saturated carbocycles. The molecule has 0 unspecified atom stereocenters. The van der Waals surface area contributed by atoms with Gasteiger partial charge in [-0.25, -0.2) is 4.90 Å². The first-order chi connectivity index (χ1) is 14.6. The van der Waals surface area contributed by atoms with Gasteiger partial charge in [0.05, 0.1) is 17.9 Å². The zero-order valence-corrected chi connectivity index (χ0v) is 17.7. The number of nitrogens with zero attached hydrogens (tertiary/aromatic N) is 2. The fourth-order valence-electron chi connectivity index (χ4n) is 3.57. The Labute approximate surface area is 179 Å². The minimum Gasteiger partial charge on any atom is -0.494 e. The number of amides is 2. The molecule has 2 aromatic carbocycles. The molecule has 152 valence electrons. The average Bonchev–Trinajstić information content (AvgIpc) is 3.35. The van der Waals surface area contributed by atoms with E-state index >= 15 is 0 Å². The summed E-state index contributed by atoms with van der Waals surface area (Å²) in [5, 5.41) is 1.91. The van der Waals surface area contributed by atoms with Crippen LogP contribution in [0.3, 0.4) is 0 Å². The van der Waals surface area contributed by atoms with E-state index in [9.17, 15) is 9.59 Å². The summed E-state index contributed by atoms with van der Waals surface area (Å²) < 4.78 is 5.56. The third-order valence-corrected chi connectivity index (χ3v) is 5.75. The number of imide groups is 1. The van der Waals surface area contributed by atoms with Gasteiger partial charge in [-0.15, -0.1) is 11.3 Å². The van der Waals surface area contributed by atoms with Gasteiger partial charge < -0.3 is 9.64 Å². The van der Waals surface area contributed by atoms with Crippen LogP contribution >= 0.6 is 11.3 Å². The highest BCUT2D eigenvalue weighted by atomic mass is 32.1. The van der Waals surface area contributed by atoms with Crippen molar-refractivity contribution in [2.45, 2.75) is 13.5 Å². The van der Waals surface area contributed by atoms with Crippen molar-refractivity contribution >= 4 is 34.4 Å². The van der Waals surface area contributed by atoms with Crippen molar-refractivity contribution in [1.29, 1.82) is 0 Å². The van der Waals surface area contributed by atoms with Crippen LogP contribution < -0.4 is 9.64 Å². The van der Waals surface area contributed by atoms with Crippen LogP contribution in [-0.2, 0) is 16.1 Å². The van der Waals surface area contributed by atoms with Crippen LogP contribution in [-0.4, -0.2) is 30.4 Å². The molecule has 0 radical (unpaired) electrons. The third kappa shape index (κ3) is 3.74. The molecule has 0 saturated heterocycles. The van der Waals surface area contributed by atoms with Crippen LogP contribution in [0.25, 0.3) is 5.57 Å². The Morgan fingerprint density at radius 2 is 1.77 bits per heavy atom. The number of benzene rings is 2. The highest BCUT2D eigenvalue weighted by Crippen LogP contribution is 2.37. The zero-order chi connectivity index (χ0) is 21.1. The lowest BCUT2D eigenvalue weighted by Crippen LogP contribution is -2.34. The van der Waals surface area contributed by atoms with E-state index < -0.39 is 0 Å². The standard InChI is InChI=1S/C24H22N2O3S/c1-3-29-19-12-7-11-18(15-19)26-23(27)21(20-13-8-14-30-20)22(24(26)28)25(2)16-17-9-5-4-6-10-17/h4-15H,3,16H2,1-2H3. The Balaban J connectivity index is 1.74. The van der Waals surface area contributed by atoms with E-state index in [2.05, 4.69) is 0 Å². The number of hydrogen-bond donors (Lipinski definition) is 0. The van der Waals surface area contributed by atoms with Gasteiger partial charge in [0.2, 0.25) is 0 Å². The largest absolute Gasteiger partial charge is 0.494 e. The summed E-state index contributed by atoms with van der Waals surface area (Å²) in [6.07, 6.45) is 0. The van der Waals surface area contributed by atoms with E-state index in [1.54, 1.807) is 18.2 Å². The van der Waals surface area contributed by atoms with Gasteiger partial charge >= 0.3 is 0 Å². The molecule has 6 heteroatoms. The lowest BCUT2D eigenvalue weighted by molar-refractivity contribution is -0.120. The van der Waals surface area contributed by atoms with Crippen molar-refractivity contribution in [2.24, 2.45) is 0 Å². The number of carbonyl (C=O) groups is 2. The first-order valence-electron chi connectivity index (χ1n) is 9.75. The lowest BCUT2D eigenvalue weighted by atomic mass is 10.1. The Morgan fingerprint density at radius 3 is 2.47 bits per heavy atom. The molecule has 4 rings (SSSR count). The number of ether oxygens (including phenoxy) is 1. The van der Waals surface area contributed by atoms with Gasteiger partial charge in [0.25, 0.3) is 11.8 Å². The Kier molecular flexibility index (Phi) is 5.68. The molecule has 0 fully saturated rings. The van der Waals surface area contributed by atoms with Gasteiger partial charge in [0, 0.05) is 24.5 Å². The normalized spacial score (nSPS) is 13.9. The molecule has 30 heavy (non-hydrogen) atoms. The van der Waals surface area contributed by atoms with Crippen molar-refractivity contribution in [2.75, 3.05) is 18.6 Å². The first-order valence-corrected chi connectivity index (χ1v) is 10.6. The van der Waals surface area contributed by atoms with Crippen molar-refractivity contribution in [3.8, 4) is 5.75 Å². The maximum atomic E-state index is 13.5. The molecule has 0 atom stereocenters. The number of thiophene rings is 1. The highest BCUT2D eigenvalue weighted by molar-refractivity contribution is 7.11. The summed E-state index contributed by atoms with van der Waals surface area (Å²) in [6.45, 7) is 2.93. The van der Waals surface area contributed by atoms with E-state index in [0.29, 0.717) is 35.9 Å². The molecule has 3 aromatic rings. The maximum absolute atomic E-state index is 13.5. The summed E-state index contributed by atoms with van der Waals surface area (Å²) >= 11 is 1.45. The predicted octanol–water partition coefficient (Wildman–Crippen LogP) is 4.56. The third-order valence-electron chi connectivity index (χ3n) is 4.86. The van der Waals surface area contributed by atoms with Gasteiger partial charge in [0.15, 0.2) is 0 Å². The summed E-state index contributed by atoms with van der Waals surface area (Å²) in [5.74, 6) is -0.0131. The summed E-state index contributed by atoms with van der Waals surface area (Å²) in [7, 11) is 1.85. The zero-order valence-electron chi connectivity index (χ0n) is 16.9. The van der Waals surface area contributed by atoms with E-state index in [-0.39, 0.29) is 11.8 Å². The number of carbonyl (C=O) groups excluding carboxylic acids is 2. The van der Waals surface area contributed by atoms with Crippen LogP contribution in [0.2, 0.25) is 0 Å². The number of likely N-dealkylation sites (N-methyl/N-ethyl adjacent to an activating group) is 1. The lowest BCUT2D eigenvalue weighted by Gasteiger charge is -2.21. The SMILES string of the molecule is CCOc1cccc(N2C(=O)C(c3cccs3)=C(N(C)Cc3ccccc3)C2=O)c1. The summed E-state index contributed by atoms with van der Waals surface area (Å²) in [4.78, 5) is 30.8. The minimum atomic E-state index is -0.324. The molecule has 2 amide bonds.